The molecule has 0 amide bonds. The van der Waals surface area contributed by atoms with E-state index in [0.29, 0.717) is 49.2 Å². The van der Waals surface area contributed by atoms with Gasteiger partial charge in [-0.05, 0) is 50.1 Å². The third-order valence-corrected chi connectivity index (χ3v) is 11.7. The van der Waals surface area contributed by atoms with Crippen LogP contribution in [-0.2, 0) is 4.74 Å². The van der Waals surface area contributed by atoms with Gasteiger partial charge < -0.3 is 9.41 Å². The second-order valence-corrected chi connectivity index (χ2v) is 13.3. The lowest BCUT2D eigenvalue weighted by molar-refractivity contribution is -0.384. The Bertz CT molecular complexity index is 1760. The highest BCUT2D eigenvalue weighted by atomic mass is 31.2. The molecule has 7 rings (SSSR count). The number of aromatic nitrogens is 2. The third-order valence-electron chi connectivity index (χ3n) is 7.72. The summed E-state index contributed by atoms with van der Waals surface area (Å²) in [4.78, 5) is 16.5. The molecule has 0 bridgehead atoms. The van der Waals surface area contributed by atoms with Crippen molar-refractivity contribution in [1.29, 1.82) is 0 Å². The van der Waals surface area contributed by atoms with Crippen LogP contribution in [0.2, 0.25) is 0 Å². The van der Waals surface area contributed by atoms with Crippen LogP contribution in [0, 0.1) is 22.9 Å². The molecule has 1 atom stereocenters. The van der Waals surface area contributed by atoms with Gasteiger partial charge in [0.25, 0.3) is 5.69 Å². The Morgan fingerprint density at radius 2 is 1.76 bits per heavy atom. The highest BCUT2D eigenvalue weighted by Crippen LogP contribution is 2.65. The van der Waals surface area contributed by atoms with Crippen molar-refractivity contribution < 1.29 is 14.1 Å². The number of morpholine rings is 1. The van der Waals surface area contributed by atoms with E-state index in [1.165, 1.54) is 18.2 Å². The molecule has 1 unspecified atom stereocenters. The first-order valence-corrected chi connectivity index (χ1v) is 15.6. The maximum atomic E-state index is 15.6. The zero-order chi connectivity index (χ0) is 28.8. The normalized spacial score (nSPS) is 20.6. The lowest BCUT2D eigenvalue weighted by Crippen LogP contribution is -2.48. The summed E-state index contributed by atoms with van der Waals surface area (Å²) in [6.07, 6.45) is 1.82. The SMILES string of the molecule is Cc1nn(-c2ccccc2)c2c1P(=Nc1cccc([N+](=O)[O-])c1)(N1CCOCC1)N(C1CC1)C(c1ccccc1F)=N2. The summed E-state index contributed by atoms with van der Waals surface area (Å²) in [6.45, 7) is 4.17. The Morgan fingerprint density at radius 3 is 2.48 bits per heavy atom. The van der Waals surface area contributed by atoms with Crippen LogP contribution in [-0.4, -0.2) is 62.2 Å². The van der Waals surface area contributed by atoms with Crippen molar-refractivity contribution in [1.82, 2.24) is 19.1 Å². The predicted molar refractivity (Wildman–Crippen MR) is 160 cm³/mol. The lowest BCUT2D eigenvalue weighted by atomic mass is 10.2. The molecule has 4 aromatic rings. The number of amidine groups is 1. The van der Waals surface area contributed by atoms with Crippen LogP contribution >= 0.6 is 7.36 Å². The molecule has 10 nitrogen and oxygen atoms in total. The summed E-state index contributed by atoms with van der Waals surface area (Å²) in [6, 6.07) is 23.0. The lowest BCUT2D eigenvalue weighted by Gasteiger charge is -2.48. The Hall–Kier alpha value is -4.18. The largest absolute Gasteiger partial charge is 0.379 e. The van der Waals surface area contributed by atoms with Gasteiger partial charge in [-0.15, -0.1) is 0 Å². The number of ether oxygens (including phenoxy) is 1. The highest BCUT2D eigenvalue weighted by Gasteiger charge is 2.52. The van der Waals surface area contributed by atoms with Gasteiger partial charge in [0, 0.05) is 31.3 Å². The van der Waals surface area contributed by atoms with Gasteiger partial charge in [-0.2, -0.15) is 5.10 Å². The molecular weight excluding hydrogens is 556 g/mol. The van der Waals surface area contributed by atoms with Crippen molar-refractivity contribution in [2.45, 2.75) is 25.8 Å². The van der Waals surface area contributed by atoms with Crippen LogP contribution in [0.4, 0.5) is 21.6 Å². The van der Waals surface area contributed by atoms with Crippen LogP contribution in [0.15, 0.2) is 88.6 Å². The standard InChI is InChI=1S/C30H29FN7O3P/c1-21-28-30(36(33-21)23-9-3-2-4-10-23)32-29(26-12-5-6-13-27(26)31)37(24-14-15-24)42(28,35-16-18-41-19-17-35)34-22-8-7-11-25(20-22)38(39)40/h2-13,20,24H,14-19H2,1H3. The molecule has 0 radical (unpaired) electrons. The summed E-state index contributed by atoms with van der Waals surface area (Å²) in [7, 11) is -3.00. The number of hydrogen-bond donors (Lipinski definition) is 0. The number of para-hydroxylation sites is 1. The summed E-state index contributed by atoms with van der Waals surface area (Å²) in [5, 5.41) is 17.6. The number of nitro groups is 1. The van der Waals surface area contributed by atoms with Crippen molar-refractivity contribution >= 4 is 35.7 Å². The second-order valence-electron chi connectivity index (χ2n) is 10.5. The average Bonchev–Trinajstić information content (AvgIpc) is 3.80. The van der Waals surface area contributed by atoms with Crippen LogP contribution in [0.5, 0.6) is 0 Å². The Morgan fingerprint density at radius 1 is 1.02 bits per heavy atom. The molecule has 0 spiro atoms. The molecule has 1 saturated heterocycles. The Labute approximate surface area is 242 Å². The molecule has 3 heterocycles. The van der Waals surface area contributed by atoms with E-state index < -0.39 is 12.3 Å². The van der Waals surface area contributed by atoms with Crippen LogP contribution in [0.25, 0.3) is 5.69 Å². The Kier molecular flexibility index (Phi) is 6.73. The fraction of sp³-hybridized carbons (Fsp3) is 0.267. The zero-order valence-electron chi connectivity index (χ0n) is 23.0. The van der Waals surface area contributed by atoms with Gasteiger partial charge in [0.2, 0.25) is 0 Å². The first-order valence-electron chi connectivity index (χ1n) is 14.0. The van der Waals surface area contributed by atoms with Gasteiger partial charge in [-0.3, -0.25) is 10.1 Å². The maximum Gasteiger partial charge on any atom is 0.271 e. The quantitative estimate of drug-likeness (QED) is 0.154. The summed E-state index contributed by atoms with van der Waals surface area (Å²) in [5.74, 6) is 0.736. The molecular formula is C30H29FN7O3P. The van der Waals surface area contributed by atoms with E-state index in [1.54, 1.807) is 24.3 Å². The molecule has 1 saturated carbocycles. The topological polar surface area (TPSA) is 101 Å². The number of aryl methyl sites for hydroxylation is 1. The van der Waals surface area contributed by atoms with Crippen molar-refractivity contribution in [3.8, 4) is 5.69 Å². The van der Waals surface area contributed by atoms with E-state index in [0.717, 1.165) is 29.5 Å². The first-order chi connectivity index (χ1) is 20.5. The van der Waals surface area contributed by atoms with Crippen molar-refractivity contribution in [3.05, 3.63) is 106 Å². The van der Waals surface area contributed by atoms with Crippen molar-refractivity contribution in [2.24, 2.45) is 9.74 Å². The van der Waals surface area contributed by atoms with E-state index in [9.17, 15) is 10.1 Å². The molecule has 12 heteroatoms. The van der Waals surface area contributed by atoms with Crippen LogP contribution in [0.3, 0.4) is 0 Å². The van der Waals surface area contributed by atoms with E-state index >= 15 is 4.39 Å². The number of nitrogens with zero attached hydrogens (tertiary/aromatic N) is 7. The van der Waals surface area contributed by atoms with E-state index in [2.05, 4.69) is 9.34 Å². The fourth-order valence-electron chi connectivity index (χ4n) is 5.75. The number of aliphatic imine (C=N–C) groups is 1. The molecule has 2 fully saturated rings. The third kappa shape index (κ3) is 4.45. The molecule has 3 aromatic carbocycles. The van der Waals surface area contributed by atoms with E-state index in [-0.39, 0.29) is 17.5 Å². The fourth-order valence-corrected chi connectivity index (χ4v) is 10.0. The van der Waals surface area contributed by atoms with Crippen LogP contribution < -0.4 is 5.30 Å². The molecule has 214 valence electrons. The molecule has 3 aliphatic rings. The zero-order valence-corrected chi connectivity index (χ0v) is 23.9. The smallest absolute Gasteiger partial charge is 0.271 e. The molecule has 1 aromatic heterocycles. The monoisotopic (exact) mass is 585 g/mol. The second kappa shape index (κ2) is 10.6. The number of fused-ring (bicyclic) bond motifs is 1. The van der Waals surface area contributed by atoms with E-state index in [4.69, 9.17) is 19.6 Å². The Balaban J connectivity index is 1.61. The molecule has 42 heavy (non-hydrogen) atoms. The summed E-state index contributed by atoms with van der Waals surface area (Å²) < 4.78 is 33.3. The average molecular weight is 586 g/mol. The number of hydrogen-bond acceptors (Lipinski definition) is 6. The number of benzene rings is 3. The molecule has 2 aliphatic heterocycles. The first kappa shape index (κ1) is 26.7. The number of non-ortho nitro benzene ring substituents is 1. The van der Waals surface area contributed by atoms with Gasteiger partial charge in [0.15, 0.2) is 13.2 Å². The minimum Gasteiger partial charge on any atom is -0.379 e. The molecule has 0 N–H and O–H groups in total. The minimum atomic E-state index is -3.00. The minimum absolute atomic E-state index is 0.0359. The number of rotatable bonds is 6. The number of halogens is 1. The van der Waals surface area contributed by atoms with Gasteiger partial charge in [-0.1, -0.05) is 36.4 Å². The highest BCUT2D eigenvalue weighted by molar-refractivity contribution is 7.70. The summed E-state index contributed by atoms with van der Waals surface area (Å²) >= 11 is 0. The van der Waals surface area contributed by atoms with Gasteiger partial charge in [-0.25, -0.2) is 23.5 Å². The van der Waals surface area contributed by atoms with Gasteiger partial charge in [0.05, 0.1) is 46.1 Å². The predicted octanol–water partition coefficient (Wildman–Crippen LogP) is 6.10. The van der Waals surface area contributed by atoms with Gasteiger partial charge >= 0.3 is 0 Å². The molecule has 1 aliphatic carbocycles. The van der Waals surface area contributed by atoms with Gasteiger partial charge in [0.1, 0.15) is 11.7 Å². The van der Waals surface area contributed by atoms with Crippen molar-refractivity contribution in [2.75, 3.05) is 26.3 Å². The van der Waals surface area contributed by atoms with E-state index in [1.807, 2.05) is 48.0 Å². The summed E-state index contributed by atoms with van der Waals surface area (Å²) in [5.41, 5.74) is 2.44. The number of nitro benzene ring substituents is 1. The van der Waals surface area contributed by atoms with Crippen LogP contribution in [0.1, 0.15) is 24.1 Å². The van der Waals surface area contributed by atoms with Crippen molar-refractivity contribution in [3.63, 3.8) is 0 Å². The maximum absolute atomic E-state index is 15.6.